The predicted molar refractivity (Wildman–Crippen MR) is 26.1 cm³/mol. The SMILES string of the molecule is CO[C@@](F)(C(N)=O)C(F)(F)F. The molecule has 0 fully saturated rings. The number of amides is 1. The van der Waals surface area contributed by atoms with Crippen LogP contribution >= 0.6 is 0 Å². The maximum absolute atomic E-state index is 12.3. The van der Waals surface area contributed by atoms with Crippen LogP contribution in [0, 0.1) is 0 Å². The molecule has 1 atom stereocenters. The van der Waals surface area contributed by atoms with E-state index in [0.717, 1.165) is 0 Å². The first-order valence-electron chi connectivity index (χ1n) is 2.36. The van der Waals surface area contributed by atoms with E-state index in [1.807, 2.05) is 0 Å². The monoisotopic (exact) mass is 175 g/mol. The second-order valence-electron chi connectivity index (χ2n) is 1.66. The minimum Gasteiger partial charge on any atom is -0.364 e. The van der Waals surface area contributed by atoms with E-state index >= 15 is 0 Å². The Morgan fingerprint density at radius 1 is 1.36 bits per heavy atom. The van der Waals surface area contributed by atoms with Gasteiger partial charge in [0.05, 0.1) is 0 Å². The van der Waals surface area contributed by atoms with E-state index < -0.39 is 17.9 Å². The number of alkyl halides is 4. The maximum Gasteiger partial charge on any atom is 0.458 e. The van der Waals surface area contributed by atoms with Gasteiger partial charge in [0.15, 0.2) is 0 Å². The molecule has 2 N–H and O–H groups in total. The van der Waals surface area contributed by atoms with Gasteiger partial charge in [0.1, 0.15) is 0 Å². The van der Waals surface area contributed by atoms with E-state index in [9.17, 15) is 22.4 Å². The van der Waals surface area contributed by atoms with Gasteiger partial charge in [-0.3, -0.25) is 4.79 Å². The molecule has 7 heteroatoms. The van der Waals surface area contributed by atoms with Crippen molar-refractivity contribution in [2.45, 2.75) is 12.0 Å². The molecule has 0 aliphatic carbocycles. The molecule has 3 nitrogen and oxygen atoms in total. The second kappa shape index (κ2) is 2.65. The fraction of sp³-hybridized carbons (Fsp3) is 0.750. The Bertz CT molecular complexity index is 168. The fourth-order valence-corrected chi connectivity index (χ4v) is 0.356. The molecule has 1 amide bonds. The number of ether oxygens (including phenoxy) is 1. The molecular formula is C4H5F4NO2. The number of primary amides is 1. The van der Waals surface area contributed by atoms with Crippen molar-refractivity contribution in [1.29, 1.82) is 0 Å². The number of methoxy groups -OCH3 is 1. The van der Waals surface area contributed by atoms with Crippen LogP contribution in [0.2, 0.25) is 0 Å². The zero-order valence-corrected chi connectivity index (χ0v) is 5.41. The van der Waals surface area contributed by atoms with E-state index in [1.165, 1.54) is 0 Å². The molecule has 0 saturated heterocycles. The van der Waals surface area contributed by atoms with Gasteiger partial charge in [-0.25, -0.2) is 0 Å². The van der Waals surface area contributed by atoms with E-state index in [1.54, 1.807) is 0 Å². The lowest BCUT2D eigenvalue weighted by atomic mass is 10.3. The molecule has 0 unspecified atom stereocenters. The quantitative estimate of drug-likeness (QED) is 0.615. The summed E-state index contributed by atoms with van der Waals surface area (Å²) in [5.74, 6) is -6.60. The summed E-state index contributed by atoms with van der Waals surface area (Å²) in [7, 11) is 0.401. The smallest absolute Gasteiger partial charge is 0.364 e. The van der Waals surface area contributed by atoms with Crippen molar-refractivity contribution in [3.05, 3.63) is 0 Å². The molecule has 0 bridgehead atoms. The van der Waals surface area contributed by atoms with Gasteiger partial charge in [-0.2, -0.15) is 17.6 Å². The molecule has 0 aliphatic heterocycles. The Hall–Kier alpha value is -0.850. The van der Waals surface area contributed by atoms with Gasteiger partial charge >= 0.3 is 12.0 Å². The summed E-state index contributed by atoms with van der Waals surface area (Å²) >= 11 is 0. The molecule has 0 spiro atoms. The van der Waals surface area contributed by atoms with Crippen LogP contribution in [0.4, 0.5) is 17.6 Å². The third-order valence-electron chi connectivity index (χ3n) is 0.963. The third-order valence-corrected chi connectivity index (χ3v) is 0.963. The lowest BCUT2D eigenvalue weighted by Crippen LogP contribution is -2.53. The molecule has 0 aromatic heterocycles. The lowest BCUT2D eigenvalue weighted by Gasteiger charge is -2.21. The normalized spacial score (nSPS) is 17.5. The summed E-state index contributed by atoms with van der Waals surface area (Å²) in [4.78, 5) is 9.90. The van der Waals surface area contributed by atoms with Crippen molar-refractivity contribution in [2.75, 3.05) is 7.11 Å². The van der Waals surface area contributed by atoms with Crippen molar-refractivity contribution in [2.24, 2.45) is 5.73 Å². The van der Waals surface area contributed by atoms with Gasteiger partial charge in [0.25, 0.3) is 5.91 Å². The van der Waals surface area contributed by atoms with Gasteiger partial charge in [-0.15, -0.1) is 0 Å². The molecule has 0 saturated carbocycles. The highest BCUT2D eigenvalue weighted by molar-refractivity contribution is 5.82. The van der Waals surface area contributed by atoms with Crippen LogP contribution in [0.5, 0.6) is 0 Å². The second-order valence-corrected chi connectivity index (χ2v) is 1.66. The topological polar surface area (TPSA) is 52.3 Å². The van der Waals surface area contributed by atoms with Gasteiger partial charge in [0, 0.05) is 7.11 Å². The van der Waals surface area contributed by atoms with Crippen LogP contribution in [0.3, 0.4) is 0 Å². The molecule has 0 aliphatic rings. The van der Waals surface area contributed by atoms with Crippen LogP contribution in [-0.4, -0.2) is 25.0 Å². The summed E-state index contributed by atoms with van der Waals surface area (Å²) in [6.45, 7) is 0. The number of nitrogens with two attached hydrogens (primary N) is 1. The highest BCUT2D eigenvalue weighted by Gasteiger charge is 2.62. The van der Waals surface area contributed by atoms with E-state index in [2.05, 4.69) is 10.5 Å². The minimum atomic E-state index is -5.44. The Balaban J connectivity index is 4.75. The van der Waals surface area contributed by atoms with Crippen molar-refractivity contribution >= 4 is 5.91 Å². The standard InChI is InChI=1S/C4H5F4NO2/c1-11-3(5,2(9)10)4(6,7)8/h1H3,(H2,9,10)/t3-/m0/s1. The first-order chi connectivity index (χ1) is 4.75. The molecule has 0 rings (SSSR count). The first kappa shape index (κ1) is 10.2. The average molecular weight is 175 g/mol. The average Bonchev–Trinajstić information content (AvgIpc) is 1.83. The molecule has 0 heterocycles. The zero-order valence-electron chi connectivity index (χ0n) is 5.41. The van der Waals surface area contributed by atoms with Crippen LogP contribution in [-0.2, 0) is 9.53 Å². The molecule has 0 aromatic carbocycles. The van der Waals surface area contributed by atoms with Crippen LogP contribution in [0.1, 0.15) is 0 Å². The van der Waals surface area contributed by atoms with E-state index in [4.69, 9.17) is 0 Å². The molecule has 66 valence electrons. The van der Waals surface area contributed by atoms with Gasteiger partial charge in [-0.1, -0.05) is 0 Å². The summed E-state index contributed by atoms with van der Waals surface area (Å²) in [5.41, 5.74) is 4.11. The van der Waals surface area contributed by atoms with Crippen molar-refractivity contribution < 1.29 is 27.1 Å². The number of halogens is 4. The highest BCUT2D eigenvalue weighted by atomic mass is 19.4. The third kappa shape index (κ3) is 1.59. The molecule has 0 aromatic rings. The fourth-order valence-electron chi connectivity index (χ4n) is 0.356. The van der Waals surface area contributed by atoms with Crippen molar-refractivity contribution in [3.63, 3.8) is 0 Å². The Morgan fingerprint density at radius 3 is 1.73 bits per heavy atom. The lowest BCUT2D eigenvalue weighted by molar-refractivity contribution is -0.306. The van der Waals surface area contributed by atoms with Gasteiger partial charge < -0.3 is 10.5 Å². The number of rotatable bonds is 2. The minimum absolute atomic E-state index is 0.401. The molecule has 0 radical (unpaired) electrons. The summed E-state index contributed by atoms with van der Waals surface area (Å²) in [6.07, 6.45) is -5.44. The van der Waals surface area contributed by atoms with Crippen LogP contribution in [0.15, 0.2) is 0 Å². The molecular weight excluding hydrogens is 170 g/mol. The van der Waals surface area contributed by atoms with Crippen molar-refractivity contribution in [3.8, 4) is 0 Å². The number of hydrogen-bond donors (Lipinski definition) is 1. The largest absolute Gasteiger partial charge is 0.458 e. The van der Waals surface area contributed by atoms with E-state index in [-0.39, 0.29) is 0 Å². The number of carbonyl (C=O) groups excluding carboxylic acids is 1. The van der Waals surface area contributed by atoms with Crippen LogP contribution < -0.4 is 5.73 Å². The Kier molecular flexibility index (Phi) is 2.44. The zero-order chi connectivity index (χ0) is 9.28. The number of carbonyl (C=O) groups is 1. The summed E-state index contributed by atoms with van der Waals surface area (Å²) < 4.78 is 50.3. The summed E-state index contributed by atoms with van der Waals surface area (Å²) in [6, 6.07) is 0. The van der Waals surface area contributed by atoms with Gasteiger partial charge in [-0.05, 0) is 0 Å². The molecule has 11 heavy (non-hydrogen) atoms. The van der Waals surface area contributed by atoms with Gasteiger partial charge in [0.2, 0.25) is 0 Å². The Morgan fingerprint density at radius 2 is 1.73 bits per heavy atom. The van der Waals surface area contributed by atoms with E-state index in [0.29, 0.717) is 7.11 Å². The van der Waals surface area contributed by atoms with Crippen LogP contribution in [0.25, 0.3) is 0 Å². The van der Waals surface area contributed by atoms with Crippen molar-refractivity contribution in [1.82, 2.24) is 0 Å². The highest BCUT2D eigenvalue weighted by Crippen LogP contribution is 2.33. The predicted octanol–water partition coefficient (Wildman–Crippen LogP) is 0.346. The number of hydrogen-bond acceptors (Lipinski definition) is 2. The maximum atomic E-state index is 12.3. The Labute approximate surface area is 59.1 Å². The first-order valence-corrected chi connectivity index (χ1v) is 2.36. The summed E-state index contributed by atoms with van der Waals surface area (Å²) in [5, 5.41) is 0.